The fourth-order valence-electron chi connectivity index (χ4n) is 3.47. The van der Waals surface area contributed by atoms with Gasteiger partial charge in [0.25, 0.3) is 0 Å². The fraction of sp³-hybridized carbons (Fsp3) is 0.208. The molecule has 1 atom stereocenters. The van der Waals surface area contributed by atoms with Gasteiger partial charge in [-0.3, -0.25) is 9.69 Å². The number of thioether (sulfide) groups is 1. The van der Waals surface area contributed by atoms with Crippen molar-refractivity contribution in [1.82, 2.24) is 0 Å². The molecule has 0 bridgehead atoms. The molecule has 1 saturated heterocycles. The quantitative estimate of drug-likeness (QED) is 0.302. The Morgan fingerprint density at radius 2 is 1.70 bits per heavy atom. The molecule has 3 aromatic rings. The monoisotopic (exact) mass is 541 g/mol. The van der Waals surface area contributed by atoms with E-state index in [9.17, 15) is 4.79 Å². The van der Waals surface area contributed by atoms with Crippen LogP contribution in [0.1, 0.15) is 23.4 Å². The lowest BCUT2D eigenvalue weighted by Gasteiger charge is -2.25. The Kier molecular flexibility index (Phi) is 7.87. The van der Waals surface area contributed by atoms with Crippen LogP contribution in [-0.2, 0) is 11.4 Å². The largest absolute Gasteiger partial charge is 0.490 e. The zero-order chi connectivity index (χ0) is 23.5. The molecule has 0 unspecified atom stereocenters. The van der Waals surface area contributed by atoms with Crippen molar-refractivity contribution < 1.29 is 14.3 Å². The van der Waals surface area contributed by atoms with Crippen molar-refractivity contribution in [3.05, 3.63) is 85.8 Å². The van der Waals surface area contributed by atoms with E-state index in [1.54, 1.807) is 29.2 Å². The molecule has 9 heteroatoms. The molecule has 1 amide bonds. The van der Waals surface area contributed by atoms with Crippen molar-refractivity contribution in [1.29, 1.82) is 0 Å². The summed E-state index contributed by atoms with van der Waals surface area (Å²) in [5, 5.41) is 1.69. The molecular weight excluding hydrogens is 524 g/mol. The van der Waals surface area contributed by atoms with E-state index >= 15 is 0 Å². The van der Waals surface area contributed by atoms with E-state index in [1.165, 1.54) is 11.8 Å². The van der Waals surface area contributed by atoms with Crippen molar-refractivity contribution >= 4 is 69.8 Å². The number of hydrogen-bond acceptors (Lipinski definition) is 4. The second kappa shape index (κ2) is 10.7. The number of benzene rings is 3. The summed E-state index contributed by atoms with van der Waals surface area (Å²) in [6.45, 7) is 2.56. The van der Waals surface area contributed by atoms with Crippen LogP contribution in [0.3, 0.4) is 0 Å². The summed E-state index contributed by atoms with van der Waals surface area (Å²) >= 11 is 26.3. The molecule has 3 aromatic carbocycles. The van der Waals surface area contributed by atoms with E-state index < -0.39 is 0 Å². The molecule has 172 valence electrons. The predicted molar refractivity (Wildman–Crippen MR) is 138 cm³/mol. The number of carbonyl (C=O) groups is 1. The summed E-state index contributed by atoms with van der Waals surface area (Å²) < 4.78 is 11.9. The number of ether oxygens (including phenoxy) is 2. The average molecular weight is 543 g/mol. The van der Waals surface area contributed by atoms with Crippen molar-refractivity contribution in [2.24, 2.45) is 0 Å². The van der Waals surface area contributed by atoms with Crippen LogP contribution < -0.4 is 14.4 Å². The highest BCUT2D eigenvalue weighted by molar-refractivity contribution is 8.00. The topological polar surface area (TPSA) is 38.8 Å². The molecule has 1 fully saturated rings. The average Bonchev–Trinajstić information content (AvgIpc) is 3.17. The van der Waals surface area contributed by atoms with Crippen LogP contribution in [-0.4, -0.2) is 18.3 Å². The highest BCUT2D eigenvalue weighted by Crippen LogP contribution is 2.46. The number of hydrogen-bond donors (Lipinski definition) is 0. The summed E-state index contributed by atoms with van der Waals surface area (Å²) in [6, 6.07) is 16.2. The van der Waals surface area contributed by atoms with E-state index in [0.717, 1.165) is 16.8 Å². The van der Waals surface area contributed by atoms with Crippen molar-refractivity contribution in [3.63, 3.8) is 0 Å². The smallest absolute Gasteiger partial charge is 0.238 e. The van der Waals surface area contributed by atoms with E-state index in [-0.39, 0.29) is 17.9 Å². The molecule has 0 radical (unpaired) electrons. The molecule has 33 heavy (non-hydrogen) atoms. The van der Waals surface area contributed by atoms with Gasteiger partial charge in [0.2, 0.25) is 5.91 Å². The number of amides is 1. The Morgan fingerprint density at radius 3 is 2.39 bits per heavy atom. The molecule has 0 N–H and O–H groups in total. The van der Waals surface area contributed by atoms with Crippen molar-refractivity contribution in [2.75, 3.05) is 17.3 Å². The second-order valence-corrected chi connectivity index (χ2v) is 9.93. The number of rotatable bonds is 7. The summed E-state index contributed by atoms with van der Waals surface area (Å²) in [4.78, 5) is 14.4. The minimum absolute atomic E-state index is 0.0151. The standard InChI is InChI=1S/C24H19Cl4NO3S/c1-2-31-21-11-15(24-29(22(30)13-33-24)17-6-4-16(25)5-7-17)10-20(28)23(21)32-12-14-3-8-18(26)19(27)9-14/h3-11,24H,2,12-13H2,1H3/t24-/m1/s1. The van der Waals surface area contributed by atoms with Gasteiger partial charge < -0.3 is 9.47 Å². The lowest BCUT2D eigenvalue weighted by molar-refractivity contribution is -0.115. The minimum atomic E-state index is -0.250. The molecule has 4 rings (SSSR count). The maximum atomic E-state index is 12.7. The Hall–Kier alpha value is -1.76. The van der Waals surface area contributed by atoms with Gasteiger partial charge in [0.15, 0.2) is 11.5 Å². The highest BCUT2D eigenvalue weighted by atomic mass is 35.5. The van der Waals surface area contributed by atoms with Crippen LogP contribution in [0.5, 0.6) is 11.5 Å². The summed E-state index contributed by atoms with van der Waals surface area (Å²) in [5.41, 5.74) is 2.46. The Morgan fingerprint density at radius 1 is 0.939 bits per heavy atom. The number of halogens is 4. The highest BCUT2D eigenvalue weighted by Gasteiger charge is 2.35. The van der Waals surface area contributed by atoms with Gasteiger partial charge >= 0.3 is 0 Å². The van der Waals surface area contributed by atoms with Gasteiger partial charge in [-0.25, -0.2) is 0 Å². The van der Waals surface area contributed by atoms with E-state index in [1.807, 2.05) is 37.3 Å². The SMILES string of the molecule is CCOc1cc([C@H]2SCC(=O)N2c2ccc(Cl)cc2)cc(Cl)c1OCc1ccc(Cl)c(Cl)c1. The number of anilines is 1. The van der Waals surface area contributed by atoms with E-state index in [0.29, 0.717) is 43.9 Å². The molecule has 0 aliphatic carbocycles. The first-order valence-corrected chi connectivity index (χ1v) is 12.7. The maximum absolute atomic E-state index is 12.7. The van der Waals surface area contributed by atoms with Crippen LogP contribution in [0, 0.1) is 0 Å². The van der Waals surface area contributed by atoms with Crippen LogP contribution in [0.2, 0.25) is 20.1 Å². The Labute approximate surface area is 216 Å². The lowest BCUT2D eigenvalue weighted by Crippen LogP contribution is -2.27. The summed E-state index contributed by atoms with van der Waals surface area (Å²) in [6.07, 6.45) is 0. The molecule has 4 nitrogen and oxygen atoms in total. The van der Waals surface area contributed by atoms with Crippen LogP contribution in [0.15, 0.2) is 54.6 Å². The molecule has 0 aromatic heterocycles. The normalized spacial score (nSPS) is 15.7. The lowest BCUT2D eigenvalue weighted by atomic mass is 10.1. The first-order valence-electron chi connectivity index (χ1n) is 10.1. The van der Waals surface area contributed by atoms with Gasteiger partial charge in [-0.2, -0.15) is 0 Å². The molecular formula is C24H19Cl4NO3S. The zero-order valence-corrected chi connectivity index (χ0v) is 21.3. The van der Waals surface area contributed by atoms with Gasteiger partial charge in [0.05, 0.1) is 27.4 Å². The van der Waals surface area contributed by atoms with Crippen LogP contribution in [0.25, 0.3) is 0 Å². The van der Waals surface area contributed by atoms with Crippen molar-refractivity contribution in [2.45, 2.75) is 18.9 Å². The Balaban J connectivity index is 1.63. The third kappa shape index (κ3) is 5.50. The van der Waals surface area contributed by atoms with Gasteiger partial charge in [0.1, 0.15) is 12.0 Å². The third-order valence-electron chi connectivity index (χ3n) is 4.96. The molecule has 1 aliphatic rings. The van der Waals surface area contributed by atoms with E-state index in [2.05, 4.69) is 0 Å². The van der Waals surface area contributed by atoms with Gasteiger partial charge in [-0.05, 0) is 66.6 Å². The minimum Gasteiger partial charge on any atom is -0.490 e. The van der Waals surface area contributed by atoms with Crippen molar-refractivity contribution in [3.8, 4) is 11.5 Å². The molecule has 0 spiro atoms. The van der Waals surface area contributed by atoms with Crippen LogP contribution >= 0.6 is 58.2 Å². The summed E-state index contributed by atoms with van der Waals surface area (Å²) in [7, 11) is 0. The van der Waals surface area contributed by atoms with Gasteiger partial charge in [-0.1, -0.05) is 52.5 Å². The fourth-order valence-corrected chi connectivity index (χ4v) is 5.35. The number of carbonyl (C=O) groups excluding carboxylic acids is 1. The summed E-state index contributed by atoms with van der Waals surface area (Å²) in [5.74, 6) is 1.32. The van der Waals surface area contributed by atoms with Crippen LogP contribution in [0.4, 0.5) is 5.69 Å². The van der Waals surface area contributed by atoms with E-state index in [4.69, 9.17) is 55.9 Å². The number of nitrogens with zero attached hydrogens (tertiary/aromatic N) is 1. The molecule has 0 saturated carbocycles. The Bertz CT molecular complexity index is 1170. The zero-order valence-electron chi connectivity index (χ0n) is 17.5. The first kappa shape index (κ1) is 24.4. The predicted octanol–water partition coefficient (Wildman–Crippen LogP) is 8.06. The van der Waals surface area contributed by atoms with Gasteiger partial charge in [0, 0.05) is 10.7 Å². The maximum Gasteiger partial charge on any atom is 0.238 e. The first-order chi connectivity index (χ1) is 15.9. The van der Waals surface area contributed by atoms with Gasteiger partial charge in [-0.15, -0.1) is 11.8 Å². The third-order valence-corrected chi connectivity index (χ3v) is 7.44. The second-order valence-electron chi connectivity index (χ2n) is 7.20. The molecule has 1 aliphatic heterocycles. The molecule has 1 heterocycles.